The lowest BCUT2D eigenvalue weighted by atomic mass is 9.95. The number of hydrogen-bond donors (Lipinski definition) is 1. The maximum absolute atomic E-state index is 13.1. The Bertz CT molecular complexity index is 1430. The molecule has 0 unspecified atom stereocenters. The smallest absolute Gasteiger partial charge is 0.273 e. The first kappa shape index (κ1) is 23.6. The lowest BCUT2D eigenvalue weighted by Crippen LogP contribution is -2.23. The van der Waals surface area contributed by atoms with Crippen molar-refractivity contribution >= 4 is 34.1 Å². The van der Waals surface area contributed by atoms with E-state index in [2.05, 4.69) is 10.3 Å². The first-order valence-electron chi connectivity index (χ1n) is 11.5. The summed E-state index contributed by atoms with van der Waals surface area (Å²) in [7, 11) is 1.45. The van der Waals surface area contributed by atoms with Crippen LogP contribution in [-0.2, 0) is 19.4 Å². The van der Waals surface area contributed by atoms with Crippen LogP contribution in [0.1, 0.15) is 45.2 Å². The molecule has 1 aliphatic rings. The van der Waals surface area contributed by atoms with Crippen molar-refractivity contribution in [3.8, 4) is 17.1 Å². The van der Waals surface area contributed by atoms with E-state index in [-0.39, 0.29) is 11.6 Å². The number of aryl methyl sites for hydroxylation is 1. The van der Waals surface area contributed by atoms with Crippen molar-refractivity contribution in [2.24, 2.45) is 4.99 Å². The minimum atomic E-state index is -0.477. The summed E-state index contributed by atoms with van der Waals surface area (Å²) in [5, 5.41) is 14.7. The zero-order valence-electron chi connectivity index (χ0n) is 19.5. The first-order valence-corrected chi connectivity index (χ1v) is 12.3. The highest BCUT2D eigenvalue weighted by molar-refractivity contribution is 7.16. The number of fused-ring (bicyclic) bond motifs is 1. The molecule has 0 fully saturated rings. The van der Waals surface area contributed by atoms with Gasteiger partial charge in [0.15, 0.2) is 0 Å². The number of rotatable bonds is 8. The predicted octanol–water partition coefficient (Wildman–Crippen LogP) is 6.08. The Labute approximate surface area is 210 Å². The lowest BCUT2D eigenvalue weighted by Gasteiger charge is -2.12. The summed E-state index contributed by atoms with van der Waals surface area (Å²) in [4.78, 5) is 29.6. The van der Waals surface area contributed by atoms with Crippen LogP contribution in [0.25, 0.3) is 11.3 Å². The number of carbonyl (C=O) groups is 1. The number of nitro groups is 1. The second-order valence-corrected chi connectivity index (χ2v) is 9.34. The number of thiophene rings is 1. The number of ether oxygens (including phenoxy) is 1. The number of benzene rings is 1. The zero-order valence-corrected chi connectivity index (χ0v) is 20.3. The van der Waals surface area contributed by atoms with Crippen LogP contribution < -0.4 is 10.1 Å². The van der Waals surface area contributed by atoms with Crippen LogP contribution in [0.2, 0.25) is 0 Å². The highest BCUT2D eigenvalue weighted by Gasteiger charge is 2.25. The normalized spacial score (nSPS) is 13.0. The summed E-state index contributed by atoms with van der Waals surface area (Å²) in [5.41, 5.74) is 2.21. The fraction of sp³-hybridized carbons (Fsp3) is 0.231. The molecule has 5 rings (SSSR count). The van der Waals surface area contributed by atoms with E-state index in [9.17, 15) is 14.9 Å². The maximum Gasteiger partial charge on any atom is 0.273 e. The van der Waals surface area contributed by atoms with Crippen molar-refractivity contribution in [3.63, 3.8) is 0 Å². The zero-order chi connectivity index (χ0) is 25.1. The SMILES string of the molecule is COc1cc([N+](=O)[O-])ccc1-c1ccc(/C=N\c2sc3c(c2C(=O)NCc2ccco2)CCCC3)o1. The number of furan rings is 2. The average molecular weight is 506 g/mol. The molecule has 3 aromatic heterocycles. The van der Waals surface area contributed by atoms with E-state index in [0.29, 0.717) is 45.7 Å². The minimum Gasteiger partial charge on any atom is -0.496 e. The van der Waals surface area contributed by atoms with E-state index in [1.807, 2.05) is 6.07 Å². The number of aliphatic imine (C=N–C) groups is 1. The van der Waals surface area contributed by atoms with Crippen LogP contribution in [0.4, 0.5) is 10.7 Å². The van der Waals surface area contributed by atoms with Crippen molar-refractivity contribution < 1.29 is 23.3 Å². The third-order valence-corrected chi connectivity index (χ3v) is 7.18. The van der Waals surface area contributed by atoms with Crippen molar-refractivity contribution in [1.82, 2.24) is 5.32 Å². The molecule has 184 valence electrons. The van der Waals surface area contributed by atoms with Gasteiger partial charge < -0.3 is 18.9 Å². The Balaban J connectivity index is 1.40. The Morgan fingerprint density at radius 1 is 1.25 bits per heavy atom. The van der Waals surface area contributed by atoms with Gasteiger partial charge in [-0.2, -0.15) is 0 Å². The Hall–Kier alpha value is -4.18. The number of hydrogen-bond acceptors (Lipinski definition) is 8. The summed E-state index contributed by atoms with van der Waals surface area (Å²) in [6.45, 7) is 0.304. The van der Waals surface area contributed by atoms with E-state index < -0.39 is 4.92 Å². The Kier molecular flexibility index (Phi) is 6.68. The number of nitrogens with zero attached hydrogens (tertiary/aromatic N) is 2. The van der Waals surface area contributed by atoms with Gasteiger partial charge in [0.1, 0.15) is 28.0 Å². The van der Waals surface area contributed by atoms with Crippen molar-refractivity contribution in [3.05, 3.63) is 86.4 Å². The van der Waals surface area contributed by atoms with Gasteiger partial charge in [0.25, 0.3) is 11.6 Å². The summed E-state index contributed by atoms with van der Waals surface area (Å²) in [6, 6.07) is 11.5. The van der Waals surface area contributed by atoms with Crippen molar-refractivity contribution in [2.45, 2.75) is 32.2 Å². The van der Waals surface area contributed by atoms with Gasteiger partial charge in [0.05, 0.1) is 48.2 Å². The first-order chi connectivity index (χ1) is 17.5. The largest absolute Gasteiger partial charge is 0.496 e. The van der Waals surface area contributed by atoms with Crippen LogP contribution in [0.3, 0.4) is 0 Å². The van der Waals surface area contributed by atoms with Gasteiger partial charge in [0.2, 0.25) is 0 Å². The number of nitrogens with one attached hydrogen (secondary N) is 1. The van der Waals surface area contributed by atoms with Gasteiger partial charge in [-0.1, -0.05) is 0 Å². The topological polar surface area (TPSA) is 120 Å². The molecule has 0 saturated heterocycles. The molecule has 3 heterocycles. The lowest BCUT2D eigenvalue weighted by molar-refractivity contribution is -0.384. The maximum atomic E-state index is 13.1. The summed E-state index contributed by atoms with van der Waals surface area (Å²) in [5.74, 6) is 1.82. The van der Waals surface area contributed by atoms with Crippen LogP contribution in [0.15, 0.2) is 62.6 Å². The van der Waals surface area contributed by atoms with Crippen LogP contribution in [0.5, 0.6) is 5.75 Å². The van der Waals surface area contributed by atoms with Gasteiger partial charge in [-0.05, 0) is 61.6 Å². The summed E-state index contributed by atoms with van der Waals surface area (Å²) in [6.07, 6.45) is 7.11. The standard InChI is InChI=1S/C26H23N3O6S/c1-33-22-13-16(29(31)32)8-10-19(22)21-11-9-18(35-21)15-28-26-24(20-6-2-3-7-23(20)36-26)25(30)27-14-17-5-4-12-34-17/h4-5,8-13,15H,2-3,6-7,14H2,1H3,(H,27,30)/b28-15-. The van der Waals surface area contributed by atoms with E-state index >= 15 is 0 Å². The van der Waals surface area contributed by atoms with E-state index in [1.165, 1.54) is 35.5 Å². The molecule has 0 spiro atoms. The van der Waals surface area contributed by atoms with Gasteiger partial charge in [-0.25, -0.2) is 4.99 Å². The molecule has 1 aromatic carbocycles. The van der Waals surface area contributed by atoms with Gasteiger partial charge >= 0.3 is 0 Å². The molecule has 10 heteroatoms. The third kappa shape index (κ3) is 4.80. The molecule has 36 heavy (non-hydrogen) atoms. The average Bonchev–Trinajstić information content (AvgIpc) is 3.65. The molecule has 4 aromatic rings. The molecule has 9 nitrogen and oxygen atoms in total. The quantitative estimate of drug-likeness (QED) is 0.176. The number of carbonyl (C=O) groups excluding carboxylic acids is 1. The fourth-order valence-corrected chi connectivity index (χ4v) is 5.46. The summed E-state index contributed by atoms with van der Waals surface area (Å²) < 4.78 is 16.6. The number of non-ortho nitro benzene ring substituents is 1. The second kappa shape index (κ2) is 10.2. The molecule has 0 atom stereocenters. The highest BCUT2D eigenvalue weighted by Crippen LogP contribution is 2.40. The fourth-order valence-electron chi connectivity index (χ4n) is 4.23. The van der Waals surface area contributed by atoms with Crippen LogP contribution in [0, 0.1) is 10.1 Å². The van der Waals surface area contributed by atoms with Crippen molar-refractivity contribution in [2.75, 3.05) is 7.11 Å². The van der Waals surface area contributed by atoms with Crippen LogP contribution >= 0.6 is 11.3 Å². The number of amides is 1. The molecular formula is C26H23N3O6S. The molecule has 1 N–H and O–H groups in total. The van der Waals surface area contributed by atoms with E-state index in [0.717, 1.165) is 31.2 Å². The monoisotopic (exact) mass is 505 g/mol. The Morgan fingerprint density at radius 2 is 2.11 bits per heavy atom. The molecule has 1 aliphatic carbocycles. The number of nitro benzene ring substituents is 1. The molecule has 0 aliphatic heterocycles. The van der Waals surface area contributed by atoms with Gasteiger partial charge in [0, 0.05) is 10.9 Å². The van der Waals surface area contributed by atoms with E-state index in [4.69, 9.17) is 13.6 Å². The molecule has 0 bridgehead atoms. The predicted molar refractivity (Wildman–Crippen MR) is 135 cm³/mol. The van der Waals surface area contributed by atoms with Gasteiger partial charge in [-0.3, -0.25) is 14.9 Å². The third-order valence-electron chi connectivity index (χ3n) is 5.98. The highest BCUT2D eigenvalue weighted by atomic mass is 32.1. The molecular weight excluding hydrogens is 482 g/mol. The van der Waals surface area contributed by atoms with Gasteiger partial charge in [-0.15, -0.1) is 11.3 Å². The molecule has 1 amide bonds. The van der Waals surface area contributed by atoms with E-state index in [1.54, 1.807) is 36.7 Å². The molecule has 0 radical (unpaired) electrons. The second-order valence-electron chi connectivity index (χ2n) is 8.26. The van der Waals surface area contributed by atoms with Crippen molar-refractivity contribution in [1.29, 1.82) is 0 Å². The molecule has 0 saturated carbocycles. The Morgan fingerprint density at radius 3 is 2.89 bits per heavy atom. The van der Waals surface area contributed by atoms with Crippen LogP contribution in [-0.4, -0.2) is 24.2 Å². The number of methoxy groups -OCH3 is 1. The summed E-state index contributed by atoms with van der Waals surface area (Å²) >= 11 is 1.54. The minimum absolute atomic E-state index is 0.0662.